The van der Waals surface area contributed by atoms with E-state index in [1.165, 1.54) is 5.56 Å². The molecule has 5 nitrogen and oxygen atoms in total. The highest BCUT2D eigenvalue weighted by Gasteiger charge is 2.25. The van der Waals surface area contributed by atoms with Crippen LogP contribution in [0.3, 0.4) is 0 Å². The molecule has 0 aliphatic heterocycles. The van der Waals surface area contributed by atoms with E-state index in [-0.39, 0.29) is 5.92 Å². The third-order valence-electron chi connectivity index (χ3n) is 3.39. The second-order valence-electron chi connectivity index (χ2n) is 4.85. The summed E-state index contributed by atoms with van der Waals surface area (Å²) >= 11 is 0. The van der Waals surface area contributed by atoms with Crippen molar-refractivity contribution in [1.29, 1.82) is 0 Å². The monoisotopic (exact) mass is 278 g/mol. The van der Waals surface area contributed by atoms with E-state index in [0.29, 0.717) is 12.1 Å². The number of hydrogen-bond acceptors (Lipinski definition) is 2. The van der Waals surface area contributed by atoms with Crippen molar-refractivity contribution < 1.29 is 14.7 Å². The first-order valence-corrected chi connectivity index (χ1v) is 6.87. The Morgan fingerprint density at radius 3 is 2.25 bits per heavy atom. The molecule has 2 amide bonds. The number of hydrogen-bond donors (Lipinski definition) is 3. The fraction of sp³-hybridized carbons (Fsp3) is 0.467. The molecule has 1 aromatic rings. The lowest BCUT2D eigenvalue weighted by molar-refractivity contribution is -0.140. The topological polar surface area (TPSA) is 78.4 Å². The minimum atomic E-state index is -1.02. The lowest BCUT2D eigenvalue weighted by atomic mass is 9.99. The van der Waals surface area contributed by atoms with Crippen molar-refractivity contribution in [2.24, 2.45) is 5.92 Å². The van der Waals surface area contributed by atoms with Crippen molar-refractivity contribution >= 4 is 17.7 Å². The lowest BCUT2D eigenvalue weighted by Crippen LogP contribution is -2.46. The van der Waals surface area contributed by atoms with Crippen molar-refractivity contribution in [1.82, 2.24) is 5.32 Å². The Balaban J connectivity index is 2.63. The van der Waals surface area contributed by atoms with Gasteiger partial charge in [0.15, 0.2) is 0 Å². The Morgan fingerprint density at radius 1 is 1.20 bits per heavy atom. The fourth-order valence-electron chi connectivity index (χ4n) is 1.82. The molecule has 0 spiro atoms. The first-order chi connectivity index (χ1) is 9.47. The summed E-state index contributed by atoms with van der Waals surface area (Å²) in [6, 6.07) is 6.09. The molecule has 0 heterocycles. The highest BCUT2D eigenvalue weighted by Crippen LogP contribution is 2.11. The number of rotatable bonds is 6. The fourth-order valence-corrected chi connectivity index (χ4v) is 1.82. The maximum atomic E-state index is 11.8. The standard InChI is InChI=1S/C15H22N2O3/c1-4-10(3)13(14(18)19)17-15(20)16-12-8-6-11(5-2)7-9-12/h6-10,13H,4-5H2,1-3H3,(H,18,19)(H2,16,17,20). The average Bonchev–Trinajstić information content (AvgIpc) is 2.44. The predicted octanol–water partition coefficient (Wildman–Crippen LogP) is 2.87. The van der Waals surface area contributed by atoms with Crippen molar-refractivity contribution in [3.8, 4) is 0 Å². The molecule has 0 fully saturated rings. The molecule has 0 saturated carbocycles. The van der Waals surface area contributed by atoms with Crippen molar-refractivity contribution in [3.63, 3.8) is 0 Å². The zero-order chi connectivity index (χ0) is 15.1. The number of amides is 2. The minimum Gasteiger partial charge on any atom is -0.480 e. The van der Waals surface area contributed by atoms with E-state index in [1.54, 1.807) is 19.1 Å². The van der Waals surface area contributed by atoms with Crippen molar-refractivity contribution in [2.75, 3.05) is 5.32 Å². The molecule has 2 unspecified atom stereocenters. The second-order valence-corrected chi connectivity index (χ2v) is 4.85. The van der Waals surface area contributed by atoms with Gasteiger partial charge < -0.3 is 15.7 Å². The van der Waals surface area contributed by atoms with Crippen LogP contribution in [-0.4, -0.2) is 23.1 Å². The van der Waals surface area contributed by atoms with Gasteiger partial charge in [0.25, 0.3) is 0 Å². The summed E-state index contributed by atoms with van der Waals surface area (Å²) in [5.41, 5.74) is 1.83. The highest BCUT2D eigenvalue weighted by molar-refractivity contribution is 5.92. The van der Waals surface area contributed by atoms with Crippen LogP contribution in [0.4, 0.5) is 10.5 Å². The molecule has 0 aliphatic rings. The quantitative estimate of drug-likeness (QED) is 0.748. The molecular formula is C15H22N2O3. The second kappa shape index (κ2) is 7.53. The first-order valence-electron chi connectivity index (χ1n) is 6.87. The average molecular weight is 278 g/mol. The largest absolute Gasteiger partial charge is 0.480 e. The zero-order valence-corrected chi connectivity index (χ0v) is 12.1. The number of anilines is 1. The first kappa shape index (κ1) is 16.0. The number of urea groups is 1. The zero-order valence-electron chi connectivity index (χ0n) is 12.1. The predicted molar refractivity (Wildman–Crippen MR) is 78.9 cm³/mol. The lowest BCUT2D eigenvalue weighted by Gasteiger charge is -2.20. The summed E-state index contributed by atoms with van der Waals surface area (Å²) in [6.45, 7) is 5.75. The van der Waals surface area contributed by atoms with Crippen LogP contribution in [0.25, 0.3) is 0 Å². The Hall–Kier alpha value is -2.04. The van der Waals surface area contributed by atoms with Gasteiger partial charge in [-0.15, -0.1) is 0 Å². The molecule has 1 rings (SSSR count). The van der Waals surface area contributed by atoms with Gasteiger partial charge in [-0.3, -0.25) is 0 Å². The number of carboxylic acids is 1. The third kappa shape index (κ3) is 4.57. The molecular weight excluding hydrogens is 256 g/mol. The normalized spacial score (nSPS) is 13.3. The molecule has 20 heavy (non-hydrogen) atoms. The van der Waals surface area contributed by atoms with Crippen LogP contribution in [0.15, 0.2) is 24.3 Å². The van der Waals surface area contributed by atoms with E-state index in [1.807, 2.05) is 19.1 Å². The number of carbonyl (C=O) groups excluding carboxylic acids is 1. The molecule has 0 saturated heterocycles. The Labute approximate surface area is 119 Å². The molecule has 0 aliphatic carbocycles. The molecule has 0 radical (unpaired) electrons. The molecule has 1 aromatic carbocycles. The van der Waals surface area contributed by atoms with E-state index in [2.05, 4.69) is 17.6 Å². The number of nitrogens with one attached hydrogen (secondary N) is 2. The van der Waals surface area contributed by atoms with E-state index in [4.69, 9.17) is 5.11 Å². The van der Waals surface area contributed by atoms with Crippen LogP contribution in [0.1, 0.15) is 32.8 Å². The number of carbonyl (C=O) groups is 2. The molecule has 0 aromatic heterocycles. The maximum absolute atomic E-state index is 11.8. The van der Waals surface area contributed by atoms with Crippen LogP contribution < -0.4 is 10.6 Å². The summed E-state index contributed by atoms with van der Waals surface area (Å²) < 4.78 is 0. The van der Waals surface area contributed by atoms with Gasteiger partial charge in [-0.05, 0) is 30.0 Å². The summed E-state index contributed by atoms with van der Waals surface area (Å²) in [6.07, 6.45) is 1.62. The molecule has 3 N–H and O–H groups in total. The van der Waals surface area contributed by atoms with Crippen molar-refractivity contribution in [3.05, 3.63) is 29.8 Å². The van der Waals surface area contributed by atoms with Crippen LogP contribution in [0.2, 0.25) is 0 Å². The number of benzene rings is 1. The van der Waals surface area contributed by atoms with E-state index in [9.17, 15) is 9.59 Å². The Kier molecular flexibility index (Phi) is 6.03. The summed E-state index contributed by atoms with van der Waals surface area (Å²) in [7, 11) is 0. The van der Waals surface area contributed by atoms with Crippen LogP contribution in [-0.2, 0) is 11.2 Å². The smallest absolute Gasteiger partial charge is 0.326 e. The van der Waals surface area contributed by atoms with Gasteiger partial charge in [0.2, 0.25) is 0 Å². The third-order valence-corrected chi connectivity index (χ3v) is 3.39. The van der Waals surface area contributed by atoms with Gasteiger partial charge in [0.05, 0.1) is 0 Å². The Bertz CT molecular complexity index is 457. The van der Waals surface area contributed by atoms with Gasteiger partial charge in [0, 0.05) is 5.69 Å². The van der Waals surface area contributed by atoms with Crippen LogP contribution in [0.5, 0.6) is 0 Å². The van der Waals surface area contributed by atoms with Crippen molar-refractivity contribution in [2.45, 2.75) is 39.7 Å². The summed E-state index contributed by atoms with van der Waals surface area (Å²) in [5.74, 6) is -1.14. The summed E-state index contributed by atoms with van der Waals surface area (Å²) in [5, 5.41) is 14.3. The molecule has 2 atom stereocenters. The van der Waals surface area contributed by atoms with Crippen LogP contribution >= 0.6 is 0 Å². The number of aliphatic carboxylic acids is 1. The van der Waals surface area contributed by atoms with Gasteiger partial charge >= 0.3 is 12.0 Å². The van der Waals surface area contributed by atoms with Gasteiger partial charge in [-0.25, -0.2) is 9.59 Å². The summed E-state index contributed by atoms with van der Waals surface area (Å²) in [4.78, 5) is 22.9. The van der Waals surface area contributed by atoms with Gasteiger partial charge in [-0.1, -0.05) is 39.3 Å². The molecule has 0 bridgehead atoms. The van der Waals surface area contributed by atoms with Gasteiger partial charge in [0.1, 0.15) is 6.04 Å². The highest BCUT2D eigenvalue weighted by atomic mass is 16.4. The van der Waals surface area contributed by atoms with E-state index < -0.39 is 18.0 Å². The van der Waals surface area contributed by atoms with Crippen LogP contribution in [0, 0.1) is 5.92 Å². The number of aryl methyl sites for hydroxylation is 1. The van der Waals surface area contributed by atoms with E-state index >= 15 is 0 Å². The van der Waals surface area contributed by atoms with E-state index in [0.717, 1.165) is 6.42 Å². The molecule has 5 heteroatoms. The Morgan fingerprint density at radius 2 is 1.80 bits per heavy atom. The minimum absolute atomic E-state index is 0.124. The maximum Gasteiger partial charge on any atom is 0.326 e. The molecule has 110 valence electrons. The SMILES string of the molecule is CCc1ccc(NC(=O)NC(C(=O)O)C(C)CC)cc1. The number of carboxylic acid groups (broad SMARTS) is 1. The van der Waals surface area contributed by atoms with Gasteiger partial charge in [-0.2, -0.15) is 0 Å².